The molecule has 2 aromatic rings. The summed E-state index contributed by atoms with van der Waals surface area (Å²) < 4.78 is 6.58. The van der Waals surface area contributed by atoms with Gasteiger partial charge in [0.25, 0.3) is 5.69 Å². The molecule has 3 aliphatic carbocycles. The van der Waals surface area contributed by atoms with Crippen LogP contribution in [0.25, 0.3) is 6.08 Å². The van der Waals surface area contributed by atoms with E-state index >= 15 is 0 Å². The van der Waals surface area contributed by atoms with Crippen LogP contribution in [0.1, 0.15) is 55.7 Å². The Morgan fingerprint density at radius 2 is 2.00 bits per heavy atom. The van der Waals surface area contributed by atoms with Crippen molar-refractivity contribution in [1.29, 1.82) is 0 Å². The molecule has 7 rings (SSSR count). The third-order valence-electron chi connectivity index (χ3n) is 9.97. The van der Waals surface area contributed by atoms with E-state index in [4.69, 9.17) is 4.74 Å². The van der Waals surface area contributed by atoms with E-state index in [0.717, 1.165) is 37.2 Å². The summed E-state index contributed by atoms with van der Waals surface area (Å²) in [5, 5.41) is 14.5. The summed E-state index contributed by atoms with van der Waals surface area (Å²) in [5.74, 6) is 1.39. The standard InChI is InChI=1S/C30H31N3O5/c1-28-25(34)13-14-30(31-26(35)12-9-19-7-10-22(11-8-19)33(36)37)24-17-21-3-2-4-23(38-28)27(21)29(28,30)15-16-32(24)18-20-5-6-20/h2-4,7-12,20,24H,5-6,13-18H2,1H3,(H,31,35)/b12-9+/t24-,28+,29+,30-/m1/s1. The van der Waals surface area contributed by atoms with Crippen molar-refractivity contribution in [2.75, 3.05) is 13.1 Å². The van der Waals surface area contributed by atoms with Gasteiger partial charge in [-0.25, -0.2) is 0 Å². The van der Waals surface area contributed by atoms with Gasteiger partial charge in [0.1, 0.15) is 5.75 Å². The Hall–Kier alpha value is -3.52. The Bertz CT molecular complexity index is 1400. The first-order chi connectivity index (χ1) is 18.3. The van der Waals surface area contributed by atoms with Gasteiger partial charge >= 0.3 is 0 Å². The third-order valence-corrected chi connectivity index (χ3v) is 9.97. The molecule has 2 saturated carbocycles. The SMILES string of the molecule is C[C@@]12Oc3cccc4c3[C@@]13CCN(CC1CC1)[C@H](C4)[C@]3(NC(=O)/C=C/c1ccc([N+](=O)[O-])cc1)CCC2=O. The fourth-order valence-corrected chi connectivity index (χ4v) is 8.14. The van der Waals surface area contributed by atoms with Gasteiger partial charge in [-0.2, -0.15) is 0 Å². The first kappa shape index (κ1) is 23.6. The zero-order chi connectivity index (χ0) is 26.3. The van der Waals surface area contributed by atoms with Crippen molar-refractivity contribution in [3.05, 3.63) is 75.3 Å². The van der Waals surface area contributed by atoms with Crippen LogP contribution in [-0.2, 0) is 21.4 Å². The molecule has 0 unspecified atom stereocenters. The normalized spacial score (nSPS) is 33.1. The number of nitrogens with one attached hydrogen (secondary N) is 1. The van der Waals surface area contributed by atoms with Crippen molar-refractivity contribution >= 4 is 23.5 Å². The molecular formula is C30H31N3O5. The van der Waals surface area contributed by atoms with E-state index in [1.54, 1.807) is 18.2 Å². The Balaban J connectivity index is 1.30. The van der Waals surface area contributed by atoms with Crippen LogP contribution in [0.15, 0.2) is 48.5 Å². The lowest BCUT2D eigenvalue weighted by molar-refractivity contribution is -0.384. The van der Waals surface area contributed by atoms with Crippen LogP contribution in [0.5, 0.6) is 5.75 Å². The molecule has 8 heteroatoms. The van der Waals surface area contributed by atoms with Crippen LogP contribution < -0.4 is 10.1 Å². The lowest BCUT2D eigenvalue weighted by atomic mass is 9.43. The average molecular weight is 514 g/mol. The topological polar surface area (TPSA) is 102 Å². The second kappa shape index (κ2) is 7.99. The summed E-state index contributed by atoms with van der Waals surface area (Å²) in [6.45, 7) is 3.86. The molecule has 1 spiro atoms. The van der Waals surface area contributed by atoms with Crippen LogP contribution in [0.3, 0.4) is 0 Å². The molecular weight excluding hydrogens is 482 g/mol. The second-order valence-corrected chi connectivity index (χ2v) is 11.8. The maximum absolute atomic E-state index is 13.6. The van der Waals surface area contributed by atoms with E-state index < -0.39 is 21.5 Å². The molecule has 2 aromatic carbocycles. The number of ketones is 1. The van der Waals surface area contributed by atoms with Gasteiger partial charge in [0.15, 0.2) is 11.4 Å². The number of likely N-dealkylation sites (tertiary alicyclic amines) is 1. The molecule has 0 radical (unpaired) electrons. The average Bonchev–Trinajstić information content (AvgIpc) is 3.67. The van der Waals surface area contributed by atoms with E-state index in [2.05, 4.69) is 16.3 Å². The Kier molecular flexibility index (Phi) is 4.96. The Morgan fingerprint density at radius 1 is 1.21 bits per heavy atom. The highest BCUT2D eigenvalue weighted by atomic mass is 16.6. The van der Waals surface area contributed by atoms with Gasteiger partial charge in [-0.15, -0.1) is 0 Å². The maximum atomic E-state index is 13.6. The summed E-state index contributed by atoms with van der Waals surface area (Å²) in [6, 6.07) is 12.4. The first-order valence-electron chi connectivity index (χ1n) is 13.6. The quantitative estimate of drug-likeness (QED) is 0.357. The highest BCUT2D eigenvalue weighted by Crippen LogP contribution is 2.67. The third kappa shape index (κ3) is 3.06. The molecule has 196 valence electrons. The van der Waals surface area contributed by atoms with Crippen LogP contribution in [-0.4, -0.2) is 51.8 Å². The number of benzene rings is 2. The van der Waals surface area contributed by atoms with Crippen molar-refractivity contribution in [3.63, 3.8) is 0 Å². The van der Waals surface area contributed by atoms with Crippen molar-refractivity contribution < 1.29 is 19.2 Å². The number of nitro benzene ring substituents is 1. The number of amides is 1. The van der Waals surface area contributed by atoms with Gasteiger partial charge in [0.05, 0.1) is 15.9 Å². The monoisotopic (exact) mass is 513 g/mol. The van der Waals surface area contributed by atoms with E-state index in [1.165, 1.54) is 36.6 Å². The number of rotatable bonds is 6. The van der Waals surface area contributed by atoms with Gasteiger partial charge in [0, 0.05) is 42.8 Å². The number of carbonyl (C=O) groups is 2. The highest BCUT2D eigenvalue weighted by Gasteiger charge is 2.78. The number of nitro groups is 1. The Morgan fingerprint density at radius 3 is 2.74 bits per heavy atom. The van der Waals surface area contributed by atoms with Gasteiger partial charge in [-0.3, -0.25) is 24.6 Å². The molecule has 0 aromatic heterocycles. The fraction of sp³-hybridized carbons (Fsp3) is 0.467. The highest BCUT2D eigenvalue weighted by molar-refractivity contribution is 5.96. The summed E-state index contributed by atoms with van der Waals surface area (Å²) in [7, 11) is 0. The van der Waals surface area contributed by atoms with E-state index in [1.807, 2.05) is 19.1 Å². The number of hydrogen-bond donors (Lipinski definition) is 1. The smallest absolute Gasteiger partial charge is 0.269 e. The lowest BCUT2D eigenvalue weighted by Gasteiger charge is -2.67. The maximum Gasteiger partial charge on any atom is 0.269 e. The minimum atomic E-state index is -1.02. The van der Waals surface area contributed by atoms with E-state index in [9.17, 15) is 19.7 Å². The largest absolute Gasteiger partial charge is 0.478 e. The second-order valence-electron chi connectivity index (χ2n) is 11.8. The molecule has 38 heavy (non-hydrogen) atoms. The molecule has 2 heterocycles. The minimum absolute atomic E-state index is 0.0113. The van der Waals surface area contributed by atoms with Crippen molar-refractivity contribution in [3.8, 4) is 5.75 Å². The van der Waals surface area contributed by atoms with E-state index in [0.29, 0.717) is 24.3 Å². The number of carbonyl (C=O) groups excluding carboxylic acids is 2. The fourth-order valence-electron chi connectivity index (χ4n) is 8.14. The van der Waals surface area contributed by atoms with Crippen LogP contribution in [0.4, 0.5) is 5.69 Å². The van der Waals surface area contributed by atoms with Crippen molar-refractivity contribution in [2.24, 2.45) is 5.92 Å². The molecule has 4 atom stereocenters. The predicted octanol–water partition coefficient (Wildman–Crippen LogP) is 3.96. The molecule has 8 nitrogen and oxygen atoms in total. The van der Waals surface area contributed by atoms with Crippen molar-refractivity contribution in [2.45, 2.75) is 68.0 Å². The molecule has 5 aliphatic rings. The molecule has 2 bridgehead atoms. The van der Waals surface area contributed by atoms with Gasteiger partial charge in [-0.05, 0) is 86.9 Å². The summed E-state index contributed by atoms with van der Waals surface area (Å²) >= 11 is 0. The van der Waals surface area contributed by atoms with Crippen LogP contribution in [0.2, 0.25) is 0 Å². The summed E-state index contributed by atoms with van der Waals surface area (Å²) in [4.78, 5) is 40.4. The lowest BCUT2D eigenvalue weighted by Crippen LogP contribution is -2.84. The Labute approximate surface area is 221 Å². The zero-order valence-electron chi connectivity index (χ0n) is 21.4. The number of hydrogen-bond acceptors (Lipinski definition) is 6. The van der Waals surface area contributed by atoms with Gasteiger partial charge < -0.3 is 10.1 Å². The summed E-state index contributed by atoms with van der Waals surface area (Å²) in [5.41, 5.74) is 0.789. The van der Waals surface area contributed by atoms with Gasteiger partial charge in [0.2, 0.25) is 5.91 Å². The van der Waals surface area contributed by atoms with Crippen molar-refractivity contribution in [1.82, 2.24) is 10.2 Å². The first-order valence-corrected chi connectivity index (χ1v) is 13.6. The molecule has 1 saturated heterocycles. The van der Waals surface area contributed by atoms with Gasteiger partial charge in [-0.1, -0.05) is 12.1 Å². The zero-order valence-corrected chi connectivity index (χ0v) is 21.4. The predicted molar refractivity (Wildman–Crippen MR) is 141 cm³/mol. The number of nitrogens with zero attached hydrogens (tertiary/aromatic N) is 2. The number of non-ortho nitro benzene ring substituents is 1. The molecule has 1 amide bonds. The number of ether oxygens (including phenoxy) is 1. The number of Topliss-reactive ketones (excluding diaryl/α,β-unsaturated/α-hetero) is 1. The van der Waals surface area contributed by atoms with Crippen LogP contribution in [0, 0.1) is 16.0 Å². The molecule has 3 fully saturated rings. The molecule has 2 aliphatic heterocycles. The minimum Gasteiger partial charge on any atom is -0.478 e. The molecule has 1 N–H and O–H groups in total. The van der Waals surface area contributed by atoms with Crippen LogP contribution >= 0.6 is 0 Å². The number of piperidine rings is 1. The van der Waals surface area contributed by atoms with E-state index in [-0.39, 0.29) is 23.4 Å². The summed E-state index contributed by atoms with van der Waals surface area (Å²) in [6.07, 6.45) is 8.23.